The van der Waals surface area contributed by atoms with Gasteiger partial charge in [-0.15, -0.1) is 11.6 Å². The highest BCUT2D eigenvalue weighted by Crippen LogP contribution is 2.32. The van der Waals surface area contributed by atoms with Crippen molar-refractivity contribution in [1.82, 2.24) is 10.1 Å². The fourth-order valence-electron chi connectivity index (χ4n) is 1.94. The van der Waals surface area contributed by atoms with E-state index in [-0.39, 0.29) is 5.91 Å². The van der Waals surface area contributed by atoms with Crippen LogP contribution < -0.4 is 0 Å². The van der Waals surface area contributed by atoms with E-state index >= 15 is 0 Å². The first-order chi connectivity index (χ1) is 7.56. The molecule has 1 aliphatic carbocycles. The number of hydrogen-bond donors (Lipinski definition) is 0. The molecule has 1 saturated carbocycles. The number of halogens is 1. The zero-order chi connectivity index (χ0) is 11.7. The van der Waals surface area contributed by atoms with Crippen LogP contribution in [0.1, 0.15) is 29.1 Å². The fourth-order valence-corrected chi connectivity index (χ4v) is 2.44. The smallest absolute Gasteiger partial charge is 0.275 e. The molecule has 0 unspecified atom stereocenters. The molecule has 1 aromatic heterocycles. The zero-order valence-corrected chi connectivity index (χ0v) is 10.2. The van der Waals surface area contributed by atoms with E-state index < -0.39 is 0 Å². The van der Waals surface area contributed by atoms with E-state index in [0.29, 0.717) is 22.7 Å². The summed E-state index contributed by atoms with van der Waals surface area (Å²) in [5.74, 6) is 1.10. The van der Waals surface area contributed by atoms with Crippen molar-refractivity contribution in [2.45, 2.75) is 25.1 Å². The van der Waals surface area contributed by atoms with E-state index in [1.54, 1.807) is 24.9 Å². The number of nitrogens with zero attached hydrogens (tertiary/aromatic N) is 2. The molecule has 0 radical (unpaired) electrons. The minimum Gasteiger partial charge on any atom is -0.361 e. The maximum Gasteiger partial charge on any atom is 0.275 e. The van der Waals surface area contributed by atoms with Gasteiger partial charge in [-0.3, -0.25) is 4.79 Å². The summed E-state index contributed by atoms with van der Waals surface area (Å²) in [6, 6.07) is 1.66. The molecule has 1 aromatic rings. The second kappa shape index (κ2) is 4.45. The lowest BCUT2D eigenvalue weighted by Crippen LogP contribution is -2.38. The number of hydrogen-bond acceptors (Lipinski definition) is 3. The molecule has 4 nitrogen and oxygen atoms in total. The Morgan fingerprint density at radius 1 is 1.69 bits per heavy atom. The molecule has 88 valence electrons. The topological polar surface area (TPSA) is 46.3 Å². The number of aromatic nitrogens is 1. The molecule has 0 aromatic carbocycles. The van der Waals surface area contributed by atoms with Crippen molar-refractivity contribution < 1.29 is 9.32 Å². The molecular weight excluding hydrogens is 228 g/mol. The van der Waals surface area contributed by atoms with Crippen LogP contribution in [0.15, 0.2) is 10.6 Å². The summed E-state index contributed by atoms with van der Waals surface area (Å²) in [5, 5.41) is 4.00. The number of rotatable bonds is 3. The van der Waals surface area contributed by atoms with Gasteiger partial charge in [-0.25, -0.2) is 0 Å². The Labute approximate surface area is 99.5 Å². The average molecular weight is 243 g/mol. The van der Waals surface area contributed by atoms with E-state index in [1.165, 1.54) is 0 Å². The van der Waals surface area contributed by atoms with Gasteiger partial charge in [0.25, 0.3) is 5.91 Å². The van der Waals surface area contributed by atoms with Crippen LogP contribution >= 0.6 is 11.6 Å². The molecule has 0 aliphatic heterocycles. The molecule has 2 rings (SSSR count). The van der Waals surface area contributed by atoms with Gasteiger partial charge < -0.3 is 9.42 Å². The Morgan fingerprint density at radius 3 is 2.88 bits per heavy atom. The monoisotopic (exact) mass is 242 g/mol. The van der Waals surface area contributed by atoms with Gasteiger partial charge in [0.05, 0.1) is 0 Å². The number of aryl methyl sites for hydroxylation is 1. The van der Waals surface area contributed by atoms with Crippen molar-refractivity contribution in [3.05, 3.63) is 17.5 Å². The Hall–Kier alpha value is -1.03. The molecule has 0 N–H and O–H groups in total. The zero-order valence-electron chi connectivity index (χ0n) is 9.44. The number of amides is 1. The molecular formula is C11H15ClN2O2. The van der Waals surface area contributed by atoms with Crippen molar-refractivity contribution in [2.75, 3.05) is 13.6 Å². The van der Waals surface area contributed by atoms with Crippen LogP contribution in [0.5, 0.6) is 0 Å². The van der Waals surface area contributed by atoms with Gasteiger partial charge in [0.15, 0.2) is 5.69 Å². The van der Waals surface area contributed by atoms with Gasteiger partial charge in [-0.1, -0.05) is 5.16 Å². The van der Waals surface area contributed by atoms with E-state index in [9.17, 15) is 4.79 Å². The Balaban J connectivity index is 1.89. The fraction of sp³-hybridized carbons (Fsp3) is 0.636. The minimum atomic E-state index is -0.0881. The number of carbonyl (C=O) groups is 1. The summed E-state index contributed by atoms with van der Waals surface area (Å²) in [7, 11) is 1.79. The van der Waals surface area contributed by atoms with E-state index in [4.69, 9.17) is 16.1 Å². The van der Waals surface area contributed by atoms with Crippen molar-refractivity contribution in [2.24, 2.45) is 5.92 Å². The summed E-state index contributed by atoms with van der Waals surface area (Å²) >= 11 is 5.90. The quantitative estimate of drug-likeness (QED) is 0.763. The van der Waals surface area contributed by atoms with Crippen molar-refractivity contribution in [1.29, 1.82) is 0 Å². The van der Waals surface area contributed by atoms with Crippen LogP contribution in [0.25, 0.3) is 0 Å². The maximum absolute atomic E-state index is 11.9. The Morgan fingerprint density at radius 2 is 2.38 bits per heavy atom. The van der Waals surface area contributed by atoms with Gasteiger partial charge in [-0.2, -0.15) is 0 Å². The molecule has 0 atom stereocenters. The molecule has 1 fully saturated rings. The second-order valence-electron chi connectivity index (χ2n) is 4.44. The first kappa shape index (κ1) is 11.5. The molecule has 1 amide bonds. The van der Waals surface area contributed by atoms with Crippen LogP contribution in [-0.2, 0) is 0 Å². The van der Waals surface area contributed by atoms with E-state index in [0.717, 1.165) is 19.4 Å². The maximum atomic E-state index is 11.9. The van der Waals surface area contributed by atoms with Gasteiger partial charge in [-0.05, 0) is 25.7 Å². The summed E-state index contributed by atoms with van der Waals surface area (Å²) < 4.78 is 4.88. The van der Waals surface area contributed by atoms with Crippen LogP contribution in [0, 0.1) is 12.8 Å². The van der Waals surface area contributed by atoms with E-state index in [2.05, 4.69) is 5.16 Å². The summed E-state index contributed by atoms with van der Waals surface area (Å²) in [6.07, 6.45) is 1.99. The lowest BCUT2D eigenvalue weighted by Gasteiger charge is -2.33. The number of carbonyl (C=O) groups excluding carboxylic acids is 1. The highest BCUT2D eigenvalue weighted by molar-refractivity contribution is 6.21. The first-order valence-electron chi connectivity index (χ1n) is 5.39. The highest BCUT2D eigenvalue weighted by atomic mass is 35.5. The summed E-state index contributed by atoms with van der Waals surface area (Å²) in [4.78, 5) is 13.6. The van der Waals surface area contributed by atoms with Crippen molar-refractivity contribution >= 4 is 17.5 Å². The predicted octanol–water partition coefficient (Wildman–Crippen LogP) is 2.07. The van der Waals surface area contributed by atoms with Crippen molar-refractivity contribution in [3.63, 3.8) is 0 Å². The normalized spacial score (nSPS) is 23.9. The van der Waals surface area contributed by atoms with Gasteiger partial charge in [0.1, 0.15) is 5.76 Å². The standard InChI is InChI=1S/C11H15ClN2O2/c1-7-3-10(13-16-7)11(15)14(2)6-8-4-9(12)5-8/h3,8-9H,4-6H2,1-2H3. The lowest BCUT2D eigenvalue weighted by molar-refractivity contribution is 0.0736. The minimum absolute atomic E-state index is 0.0881. The third-order valence-corrected chi connectivity index (χ3v) is 3.26. The third kappa shape index (κ3) is 2.38. The predicted molar refractivity (Wildman–Crippen MR) is 60.6 cm³/mol. The van der Waals surface area contributed by atoms with Crippen LogP contribution in [0.3, 0.4) is 0 Å². The van der Waals surface area contributed by atoms with Crippen molar-refractivity contribution in [3.8, 4) is 0 Å². The van der Waals surface area contributed by atoms with Crippen LogP contribution in [0.4, 0.5) is 0 Å². The average Bonchev–Trinajstić information content (AvgIpc) is 2.61. The molecule has 0 saturated heterocycles. The van der Waals surface area contributed by atoms with Gasteiger partial charge in [0.2, 0.25) is 0 Å². The lowest BCUT2D eigenvalue weighted by atomic mass is 9.84. The number of alkyl halides is 1. The third-order valence-electron chi connectivity index (χ3n) is 2.90. The van der Waals surface area contributed by atoms with Crippen LogP contribution in [-0.4, -0.2) is 34.9 Å². The van der Waals surface area contributed by atoms with Crippen LogP contribution in [0.2, 0.25) is 0 Å². The molecule has 0 spiro atoms. The molecule has 1 aliphatic rings. The summed E-state index contributed by atoms with van der Waals surface area (Å²) in [5.41, 5.74) is 0.377. The Bertz CT molecular complexity index is 385. The van der Waals surface area contributed by atoms with E-state index in [1.807, 2.05) is 0 Å². The highest BCUT2D eigenvalue weighted by Gasteiger charge is 2.29. The largest absolute Gasteiger partial charge is 0.361 e. The molecule has 1 heterocycles. The first-order valence-corrected chi connectivity index (χ1v) is 5.82. The molecule has 0 bridgehead atoms. The summed E-state index contributed by atoms with van der Waals surface area (Å²) in [6.45, 7) is 2.52. The molecule has 16 heavy (non-hydrogen) atoms. The SMILES string of the molecule is Cc1cc(C(=O)N(C)CC2CC(Cl)C2)no1. The molecule has 5 heteroatoms. The Kier molecular flexibility index (Phi) is 3.19. The van der Waals surface area contributed by atoms with Gasteiger partial charge in [0, 0.05) is 25.0 Å². The second-order valence-corrected chi connectivity index (χ2v) is 5.06. The van der Waals surface area contributed by atoms with Gasteiger partial charge >= 0.3 is 0 Å².